The molecule has 6 nitrogen and oxygen atoms in total. The van der Waals surface area contributed by atoms with Crippen LogP contribution in [-0.4, -0.2) is 28.6 Å². The van der Waals surface area contributed by atoms with Crippen LogP contribution < -0.4 is 5.48 Å². The first kappa shape index (κ1) is 17.9. The third-order valence-corrected chi connectivity index (χ3v) is 5.44. The first-order chi connectivity index (χ1) is 13.3. The van der Waals surface area contributed by atoms with Gasteiger partial charge in [0.15, 0.2) is 6.29 Å². The Kier molecular flexibility index (Phi) is 5.62. The van der Waals surface area contributed by atoms with Gasteiger partial charge in [-0.25, -0.2) is 10.3 Å². The van der Waals surface area contributed by atoms with Crippen LogP contribution in [-0.2, 0) is 16.1 Å². The Morgan fingerprint density at radius 3 is 2.93 bits per heavy atom. The number of hydrogen-bond donors (Lipinski definition) is 1. The Hall–Kier alpha value is -2.48. The highest BCUT2D eigenvalue weighted by Crippen LogP contribution is 2.27. The third kappa shape index (κ3) is 4.63. The van der Waals surface area contributed by atoms with E-state index in [1.807, 2.05) is 41.2 Å². The van der Waals surface area contributed by atoms with Gasteiger partial charge in [-0.2, -0.15) is 5.10 Å². The van der Waals surface area contributed by atoms with Crippen molar-refractivity contribution in [3.05, 3.63) is 65.2 Å². The monoisotopic (exact) mass is 383 g/mol. The maximum atomic E-state index is 12.3. The number of hydroxylamine groups is 1. The summed E-state index contributed by atoms with van der Waals surface area (Å²) in [7, 11) is 0. The molecule has 1 unspecified atom stereocenters. The molecular formula is C20H21N3O3S. The highest BCUT2D eigenvalue weighted by atomic mass is 32.1. The van der Waals surface area contributed by atoms with Gasteiger partial charge in [0.05, 0.1) is 16.3 Å². The molecule has 0 spiro atoms. The number of nitrogens with zero attached hydrogens (tertiary/aromatic N) is 2. The molecule has 1 atom stereocenters. The van der Waals surface area contributed by atoms with Gasteiger partial charge in [0.1, 0.15) is 5.69 Å². The molecule has 2 aromatic heterocycles. The van der Waals surface area contributed by atoms with Crippen molar-refractivity contribution in [2.45, 2.75) is 32.1 Å². The van der Waals surface area contributed by atoms with Crippen LogP contribution in [0.4, 0.5) is 0 Å². The summed E-state index contributed by atoms with van der Waals surface area (Å²) < 4.78 is 7.34. The van der Waals surface area contributed by atoms with Gasteiger partial charge in [-0.15, -0.1) is 11.3 Å². The average Bonchev–Trinajstić information content (AvgIpc) is 3.37. The van der Waals surface area contributed by atoms with Crippen molar-refractivity contribution < 1.29 is 14.4 Å². The molecule has 0 bridgehead atoms. The lowest BCUT2D eigenvalue weighted by atomic mass is 10.2. The molecule has 3 aromatic rings. The highest BCUT2D eigenvalue weighted by Gasteiger charge is 2.17. The molecule has 1 amide bonds. The molecule has 3 heterocycles. The van der Waals surface area contributed by atoms with Crippen LogP contribution >= 0.6 is 11.3 Å². The summed E-state index contributed by atoms with van der Waals surface area (Å²) >= 11 is 1.39. The third-order valence-electron chi connectivity index (χ3n) is 4.33. The number of carbonyl (C=O) groups excluding carboxylic acids is 1. The molecule has 1 aromatic carbocycles. The Labute approximate surface area is 161 Å². The topological polar surface area (TPSA) is 65.4 Å². The second kappa shape index (κ2) is 8.47. The van der Waals surface area contributed by atoms with E-state index in [-0.39, 0.29) is 12.2 Å². The molecule has 0 radical (unpaired) electrons. The number of hydrogen-bond acceptors (Lipinski definition) is 5. The minimum Gasteiger partial charge on any atom is -0.350 e. The maximum Gasteiger partial charge on any atom is 0.285 e. The van der Waals surface area contributed by atoms with Gasteiger partial charge in [-0.3, -0.25) is 9.48 Å². The number of aromatic nitrogens is 2. The predicted octanol–water partition coefficient (Wildman–Crippen LogP) is 3.85. The van der Waals surface area contributed by atoms with E-state index in [9.17, 15) is 4.79 Å². The molecule has 1 fully saturated rings. The molecule has 1 aliphatic heterocycles. The molecule has 4 rings (SSSR count). The van der Waals surface area contributed by atoms with Crippen LogP contribution in [0.25, 0.3) is 10.6 Å². The Morgan fingerprint density at radius 1 is 1.22 bits per heavy atom. The lowest BCUT2D eigenvalue weighted by molar-refractivity contribution is -0.186. The number of thiophene rings is 1. The van der Waals surface area contributed by atoms with Crippen LogP contribution in [0.5, 0.6) is 0 Å². The Balaban J connectivity index is 1.36. The number of amides is 1. The molecule has 1 N–H and O–H groups in total. The summed E-state index contributed by atoms with van der Waals surface area (Å²) in [5, 5.41) is 4.61. The van der Waals surface area contributed by atoms with Crippen molar-refractivity contribution in [1.82, 2.24) is 15.3 Å². The first-order valence-electron chi connectivity index (χ1n) is 9.03. The molecule has 140 valence electrons. The van der Waals surface area contributed by atoms with Crippen LogP contribution in [0.1, 0.15) is 34.5 Å². The smallest absolute Gasteiger partial charge is 0.285 e. The van der Waals surface area contributed by atoms with Crippen molar-refractivity contribution in [1.29, 1.82) is 0 Å². The van der Waals surface area contributed by atoms with E-state index >= 15 is 0 Å². The Bertz CT molecular complexity index is 885. The second-order valence-electron chi connectivity index (χ2n) is 6.39. The highest BCUT2D eigenvalue weighted by molar-refractivity contribution is 7.17. The van der Waals surface area contributed by atoms with Gasteiger partial charge in [0.2, 0.25) is 0 Å². The largest absolute Gasteiger partial charge is 0.350 e. The summed E-state index contributed by atoms with van der Waals surface area (Å²) in [6.45, 7) is 1.39. The minimum absolute atomic E-state index is 0.260. The minimum atomic E-state index is -0.351. The van der Waals surface area contributed by atoms with Crippen molar-refractivity contribution in [3.8, 4) is 10.6 Å². The lowest BCUT2D eigenvalue weighted by Gasteiger charge is -2.21. The fourth-order valence-electron chi connectivity index (χ4n) is 2.92. The summed E-state index contributed by atoms with van der Waals surface area (Å²) in [5.41, 5.74) is 4.54. The van der Waals surface area contributed by atoms with Crippen molar-refractivity contribution >= 4 is 17.2 Å². The second-order valence-corrected chi connectivity index (χ2v) is 7.48. The standard InChI is InChI=1S/C20H21N3O3S/c24-20(22-26-19-8-4-5-13-25-19)18-10-9-17(27-18)16-11-12-23(21-16)14-15-6-2-1-3-7-15/h1-3,6-7,9-12,19H,4-5,8,13-14H2,(H,22,24). The molecular weight excluding hydrogens is 362 g/mol. The SMILES string of the molecule is O=C(NOC1CCCCO1)c1ccc(-c2ccn(Cc3ccccc3)n2)s1. The van der Waals surface area contributed by atoms with Gasteiger partial charge >= 0.3 is 0 Å². The van der Waals surface area contributed by atoms with Crippen molar-refractivity contribution in [3.63, 3.8) is 0 Å². The van der Waals surface area contributed by atoms with Gasteiger partial charge in [0.25, 0.3) is 5.91 Å². The maximum absolute atomic E-state index is 12.3. The lowest BCUT2D eigenvalue weighted by Crippen LogP contribution is -2.32. The van der Waals surface area contributed by atoms with Gasteiger partial charge in [0, 0.05) is 19.2 Å². The average molecular weight is 383 g/mol. The number of nitrogens with one attached hydrogen (secondary N) is 1. The predicted molar refractivity (Wildman–Crippen MR) is 103 cm³/mol. The first-order valence-corrected chi connectivity index (χ1v) is 9.85. The molecule has 27 heavy (non-hydrogen) atoms. The van der Waals surface area contributed by atoms with Crippen molar-refractivity contribution in [2.75, 3.05) is 6.61 Å². The molecule has 7 heteroatoms. The quantitative estimate of drug-likeness (QED) is 0.657. The zero-order valence-corrected chi connectivity index (χ0v) is 15.7. The zero-order chi connectivity index (χ0) is 18.5. The fraction of sp³-hybridized carbons (Fsp3) is 0.300. The molecule has 0 aliphatic carbocycles. The summed E-state index contributed by atoms with van der Waals surface area (Å²) in [6, 6.07) is 15.8. The number of benzene rings is 1. The van der Waals surface area contributed by atoms with Gasteiger partial charge in [-0.1, -0.05) is 30.3 Å². The van der Waals surface area contributed by atoms with E-state index in [1.165, 1.54) is 16.9 Å². The summed E-state index contributed by atoms with van der Waals surface area (Å²) in [4.78, 5) is 19.1. The summed E-state index contributed by atoms with van der Waals surface area (Å²) in [5.74, 6) is -0.260. The number of rotatable bonds is 6. The molecule has 0 saturated carbocycles. The van der Waals surface area contributed by atoms with E-state index in [2.05, 4.69) is 22.7 Å². The van der Waals surface area contributed by atoms with Crippen LogP contribution in [0.2, 0.25) is 0 Å². The summed E-state index contributed by atoms with van der Waals surface area (Å²) in [6.07, 6.45) is 4.49. The zero-order valence-electron chi connectivity index (χ0n) is 14.8. The van der Waals surface area contributed by atoms with E-state index in [0.717, 1.165) is 36.4 Å². The van der Waals surface area contributed by atoms with Crippen LogP contribution in [0, 0.1) is 0 Å². The van der Waals surface area contributed by atoms with E-state index in [0.29, 0.717) is 11.5 Å². The van der Waals surface area contributed by atoms with E-state index < -0.39 is 0 Å². The van der Waals surface area contributed by atoms with Crippen molar-refractivity contribution in [2.24, 2.45) is 0 Å². The molecule has 1 saturated heterocycles. The normalized spacial score (nSPS) is 17.0. The Morgan fingerprint density at radius 2 is 2.11 bits per heavy atom. The number of ether oxygens (including phenoxy) is 1. The van der Waals surface area contributed by atoms with Crippen LogP contribution in [0.15, 0.2) is 54.7 Å². The van der Waals surface area contributed by atoms with E-state index in [4.69, 9.17) is 9.57 Å². The van der Waals surface area contributed by atoms with Crippen LogP contribution in [0.3, 0.4) is 0 Å². The molecule has 1 aliphatic rings. The van der Waals surface area contributed by atoms with E-state index in [1.54, 1.807) is 6.07 Å². The fourth-order valence-corrected chi connectivity index (χ4v) is 3.78. The van der Waals surface area contributed by atoms with Gasteiger partial charge < -0.3 is 4.74 Å². The van der Waals surface area contributed by atoms with Gasteiger partial charge in [-0.05, 0) is 36.6 Å². The number of carbonyl (C=O) groups is 1.